The van der Waals surface area contributed by atoms with Crippen LogP contribution in [0.15, 0.2) is 65.0 Å². The van der Waals surface area contributed by atoms with E-state index in [4.69, 9.17) is 0 Å². The number of carbonyl (C=O) groups excluding carboxylic acids is 1. The van der Waals surface area contributed by atoms with Crippen LogP contribution >= 0.6 is 0 Å². The molecule has 0 spiro atoms. The third kappa shape index (κ3) is 1.59. The third-order valence-electron chi connectivity index (χ3n) is 2.82. The number of fused-ring (bicyclic) bond motifs is 1. The van der Waals surface area contributed by atoms with Gasteiger partial charge in [0.2, 0.25) is 0 Å². The van der Waals surface area contributed by atoms with Gasteiger partial charge >= 0.3 is 0 Å². The van der Waals surface area contributed by atoms with Crippen LogP contribution in [0.25, 0.3) is 0 Å². The lowest BCUT2D eigenvalue weighted by atomic mass is 10.1. The normalized spacial score (nSPS) is 21.4. The summed E-state index contributed by atoms with van der Waals surface area (Å²) in [4.78, 5) is 15.9. The molecular weight excluding hydrogens is 228 g/mol. The number of nitrogens with zero attached hydrogens (tertiary/aromatic N) is 2. The Labute approximate surface area is 104 Å². The average Bonchev–Trinajstić information content (AvgIpc) is 2.41. The first-order chi connectivity index (χ1) is 8.77. The molecule has 0 unspecified atom stereocenters. The summed E-state index contributed by atoms with van der Waals surface area (Å²) in [5.41, 5.74) is 1.81. The summed E-state index contributed by atoms with van der Waals surface area (Å²) in [7, 11) is 0. The maximum atomic E-state index is 11.7. The number of anilines is 1. The largest absolute Gasteiger partial charge is 0.289 e. The second-order valence-electron chi connectivity index (χ2n) is 3.95. The summed E-state index contributed by atoms with van der Waals surface area (Å²) in [6.07, 6.45) is 8.14. The molecule has 88 valence electrons. The summed E-state index contributed by atoms with van der Waals surface area (Å²) < 4.78 is 0. The first kappa shape index (κ1) is 10.7. The lowest BCUT2D eigenvalue weighted by molar-refractivity contribution is -0.111. The van der Waals surface area contributed by atoms with Crippen molar-refractivity contribution in [2.75, 3.05) is 5.06 Å². The van der Waals surface area contributed by atoms with E-state index in [1.165, 1.54) is 6.08 Å². The molecule has 0 saturated heterocycles. The number of allylic oxidation sites excluding steroid dienone is 5. The van der Waals surface area contributed by atoms with E-state index in [0.29, 0.717) is 11.3 Å². The van der Waals surface area contributed by atoms with E-state index in [2.05, 4.69) is 4.99 Å². The van der Waals surface area contributed by atoms with Crippen LogP contribution in [0, 0.1) is 0 Å². The van der Waals surface area contributed by atoms with Gasteiger partial charge in [0.1, 0.15) is 0 Å². The molecule has 0 amide bonds. The van der Waals surface area contributed by atoms with Crippen molar-refractivity contribution in [2.45, 2.75) is 0 Å². The SMILES string of the molecule is O=C1C=CC=CC1=C1N=Cc2ccccc2N1O. The Morgan fingerprint density at radius 2 is 1.89 bits per heavy atom. The van der Waals surface area contributed by atoms with Crippen molar-refractivity contribution in [3.63, 3.8) is 0 Å². The molecule has 0 aromatic heterocycles. The zero-order valence-corrected chi connectivity index (χ0v) is 9.45. The van der Waals surface area contributed by atoms with Gasteiger partial charge in [-0.15, -0.1) is 0 Å². The smallest absolute Gasteiger partial charge is 0.189 e. The topological polar surface area (TPSA) is 52.9 Å². The maximum Gasteiger partial charge on any atom is 0.189 e. The molecule has 0 atom stereocenters. The van der Waals surface area contributed by atoms with E-state index in [0.717, 1.165) is 10.6 Å². The molecule has 2 aliphatic rings. The van der Waals surface area contributed by atoms with E-state index < -0.39 is 0 Å². The van der Waals surface area contributed by atoms with Gasteiger partial charge in [-0.1, -0.05) is 30.4 Å². The molecule has 1 aliphatic heterocycles. The van der Waals surface area contributed by atoms with Gasteiger partial charge in [-0.25, -0.2) is 10.1 Å². The standard InChI is InChI=1S/C14H10N2O2/c17-13-8-4-2-6-11(13)14-15-9-10-5-1-3-7-12(10)16(14)18/h1-9,18H. The molecule has 18 heavy (non-hydrogen) atoms. The van der Waals surface area contributed by atoms with Crippen LogP contribution in [0.2, 0.25) is 0 Å². The summed E-state index contributed by atoms with van der Waals surface area (Å²) >= 11 is 0. The van der Waals surface area contributed by atoms with Crippen LogP contribution in [-0.4, -0.2) is 17.2 Å². The van der Waals surface area contributed by atoms with E-state index in [1.54, 1.807) is 30.5 Å². The first-order valence-electron chi connectivity index (χ1n) is 5.53. The molecule has 3 rings (SSSR count). The second-order valence-corrected chi connectivity index (χ2v) is 3.95. The second kappa shape index (κ2) is 4.09. The van der Waals surface area contributed by atoms with Gasteiger partial charge in [0, 0.05) is 11.8 Å². The maximum absolute atomic E-state index is 11.7. The Morgan fingerprint density at radius 3 is 2.72 bits per heavy atom. The number of para-hydroxylation sites is 1. The zero-order valence-electron chi connectivity index (χ0n) is 9.45. The third-order valence-corrected chi connectivity index (χ3v) is 2.82. The van der Waals surface area contributed by atoms with Crippen molar-refractivity contribution >= 4 is 17.7 Å². The lowest BCUT2D eigenvalue weighted by Gasteiger charge is -2.24. The first-order valence-corrected chi connectivity index (χ1v) is 5.53. The minimum atomic E-state index is -0.164. The number of hydrogen-bond donors (Lipinski definition) is 1. The van der Waals surface area contributed by atoms with Crippen LogP contribution in [-0.2, 0) is 4.79 Å². The highest BCUT2D eigenvalue weighted by Crippen LogP contribution is 2.28. The highest BCUT2D eigenvalue weighted by molar-refractivity contribution is 6.09. The van der Waals surface area contributed by atoms with Crippen molar-refractivity contribution in [1.82, 2.24) is 0 Å². The van der Waals surface area contributed by atoms with Crippen molar-refractivity contribution in [3.8, 4) is 0 Å². The summed E-state index contributed by atoms with van der Waals surface area (Å²) in [6.45, 7) is 0. The average molecular weight is 238 g/mol. The molecule has 1 aromatic carbocycles. The van der Waals surface area contributed by atoms with Gasteiger partial charge in [0.15, 0.2) is 11.6 Å². The van der Waals surface area contributed by atoms with Crippen molar-refractivity contribution < 1.29 is 10.0 Å². The fraction of sp³-hybridized carbons (Fsp3) is 0. The highest BCUT2D eigenvalue weighted by Gasteiger charge is 2.22. The van der Waals surface area contributed by atoms with Crippen LogP contribution < -0.4 is 5.06 Å². The summed E-state index contributed by atoms with van der Waals surface area (Å²) in [5.74, 6) is 0.0855. The molecule has 1 N–H and O–H groups in total. The number of ketones is 1. The Balaban J connectivity index is 2.13. The minimum Gasteiger partial charge on any atom is -0.289 e. The van der Waals surface area contributed by atoms with Crippen LogP contribution in [0.3, 0.4) is 0 Å². The number of hydrogen-bond acceptors (Lipinski definition) is 4. The fourth-order valence-corrected chi connectivity index (χ4v) is 1.92. The number of aliphatic imine (C=N–C) groups is 1. The number of carbonyl (C=O) groups is 1. The summed E-state index contributed by atoms with van der Waals surface area (Å²) in [6, 6.07) is 7.31. The van der Waals surface area contributed by atoms with Crippen molar-refractivity contribution in [1.29, 1.82) is 0 Å². The van der Waals surface area contributed by atoms with Crippen molar-refractivity contribution in [3.05, 3.63) is 65.5 Å². The number of rotatable bonds is 0. The van der Waals surface area contributed by atoms with Crippen LogP contribution in [0.5, 0.6) is 0 Å². The van der Waals surface area contributed by atoms with Gasteiger partial charge in [-0.2, -0.15) is 0 Å². The molecule has 1 aromatic rings. The predicted molar refractivity (Wildman–Crippen MR) is 68.6 cm³/mol. The molecule has 1 aliphatic carbocycles. The molecule has 1 heterocycles. The molecule has 4 heteroatoms. The Morgan fingerprint density at radius 1 is 1.11 bits per heavy atom. The zero-order chi connectivity index (χ0) is 12.5. The van der Waals surface area contributed by atoms with Gasteiger partial charge in [-0.05, 0) is 18.2 Å². The fourth-order valence-electron chi connectivity index (χ4n) is 1.92. The predicted octanol–water partition coefficient (Wildman–Crippen LogP) is 2.22. The van der Waals surface area contributed by atoms with Crippen LogP contribution in [0.1, 0.15) is 5.56 Å². The minimum absolute atomic E-state index is 0.164. The van der Waals surface area contributed by atoms with E-state index in [1.807, 2.05) is 18.2 Å². The monoisotopic (exact) mass is 238 g/mol. The van der Waals surface area contributed by atoms with Crippen LogP contribution in [0.4, 0.5) is 5.69 Å². The van der Waals surface area contributed by atoms with E-state index in [-0.39, 0.29) is 11.6 Å². The highest BCUT2D eigenvalue weighted by atomic mass is 16.5. The van der Waals surface area contributed by atoms with E-state index >= 15 is 0 Å². The lowest BCUT2D eigenvalue weighted by Crippen LogP contribution is -2.24. The van der Waals surface area contributed by atoms with Gasteiger partial charge in [0.25, 0.3) is 0 Å². The molecule has 0 bridgehead atoms. The number of hydroxylamine groups is 1. The molecule has 0 radical (unpaired) electrons. The molecule has 0 fully saturated rings. The molecular formula is C14H10N2O2. The molecule has 4 nitrogen and oxygen atoms in total. The van der Waals surface area contributed by atoms with Crippen molar-refractivity contribution in [2.24, 2.45) is 4.99 Å². The Hall–Kier alpha value is -2.46. The Kier molecular flexibility index (Phi) is 2.42. The number of benzene rings is 1. The van der Waals surface area contributed by atoms with E-state index in [9.17, 15) is 10.0 Å². The van der Waals surface area contributed by atoms with Gasteiger partial charge < -0.3 is 0 Å². The van der Waals surface area contributed by atoms with Gasteiger partial charge in [0.05, 0.1) is 11.3 Å². The molecule has 0 saturated carbocycles. The quantitative estimate of drug-likeness (QED) is 0.705. The Bertz CT molecular complexity index is 639. The van der Waals surface area contributed by atoms with Gasteiger partial charge in [-0.3, -0.25) is 10.0 Å². The summed E-state index contributed by atoms with van der Waals surface area (Å²) in [5, 5.41) is 11.1.